The molecule has 0 aromatic heterocycles. The molecule has 1 fully saturated rings. The Morgan fingerprint density at radius 3 is 2.19 bits per heavy atom. The van der Waals surface area contributed by atoms with Crippen molar-refractivity contribution in [1.82, 2.24) is 8.61 Å². The van der Waals surface area contributed by atoms with Gasteiger partial charge in [0, 0.05) is 26.2 Å². The van der Waals surface area contributed by atoms with Crippen LogP contribution in [-0.2, 0) is 10.2 Å². The third kappa shape index (κ3) is 3.65. The van der Waals surface area contributed by atoms with Gasteiger partial charge in [0.25, 0.3) is 10.2 Å². The van der Waals surface area contributed by atoms with Gasteiger partial charge in [0.1, 0.15) is 0 Å². The van der Waals surface area contributed by atoms with Crippen molar-refractivity contribution in [2.45, 2.75) is 33.2 Å². The molecule has 21 heavy (non-hydrogen) atoms. The summed E-state index contributed by atoms with van der Waals surface area (Å²) in [4.78, 5) is 0. The van der Waals surface area contributed by atoms with Gasteiger partial charge >= 0.3 is 0 Å². The van der Waals surface area contributed by atoms with Gasteiger partial charge in [-0.15, -0.1) is 0 Å². The molecule has 118 valence electrons. The number of nitrogens with zero attached hydrogens (tertiary/aromatic N) is 2. The molecule has 2 rings (SSSR count). The smallest absolute Gasteiger partial charge is 0.195 e. The zero-order chi connectivity index (χ0) is 15.6. The first-order chi connectivity index (χ1) is 9.82. The Labute approximate surface area is 128 Å². The molecule has 0 saturated carbocycles. The lowest BCUT2D eigenvalue weighted by Gasteiger charge is -2.37. The summed E-state index contributed by atoms with van der Waals surface area (Å²) in [7, 11) is -1.73. The fourth-order valence-corrected chi connectivity index (χ4v) is 4.89. The molecule has 1 aliphatic rings. The predicted molar refractivity (Wildman–Crippen MR) is 86.1 cm³/mol. The van der Waals surface area contributed by atoms with Crippen LogP contribution in [0.5, 0.6) is 0 Å². The van der Waals surface area contributed by atoms with Crippen LogP contribution in [0.2, 0.25) is 0 Å². The highest BCUT2D eigenvalue weighted by Crippen LogP contribution is 2.28. The van der Waals surface area contributed by atoms with Crippen LogP contribution in [-0.4, -0.2) is 37.2 Å². The number of hydrogen-bond acceptors (Lipinski definition) is 2. The minimum absolute atomic E-state index is 0.163. The van der Waals surface area contributed by atoms with Gasteiger partial charge in [0.05, 0.1) is 0 Å². The lowest BCUT2D eigenvalue weighted by atomic mass is 9.94. The van der Waals surface area contributed by atoms with Crippen molar-refractivity contribution in [3.8, 4) is 0 Å². The summed E-state index contributed by atoms with van der Waals surface area (Å²) in [6.07, 6.45) is 1.10. The maximum Gasteiger partial charge on any atom is 0.282 e. The highest BCUT2D eigenvalue weighted by molar-refractivity contribution is 7.86. The van der Waals surface area contributed by atoms with Gasteiger partial charge in [-0.25, -0.2) is 0 Å². The third-order valence-electron chi connectivity index (χ3n) is 4.35. The highest BCUT2D eigenvalue weighted by Gasteiger charge is 2.35. The van der Waals surface area contributed by atoms with E-state index in [1.807, 2.05) is 37.3 Å². The van der Waals surface area contributed by atoms with Crippen LogP contribution in [0, 0.1) is 11.8 Å². The van der Waals surface area contributed by atoms with Crippen LogP contribution < -0.4 is 0 Å². The number of hydrogen-bond donors (Lipinski definition) is 0. The molecule has 0 bridgehead atoms. The molecule has 0 unspecified atom stereocenters. The lowest BCUT2D eigenvalue weighted by molar-refractivity contribution is 0.207. The van der Waals surface area contributed by atoms with E-state index in [0.29, 0.717) is 24.9 Å². The Morgan fingerprint density at radius 2 is 1.67 bits per heavy atom. The Morgan fingerprint density at radius 1 is 1.14 bits per heavy atom. The summed E-state index contributed by atoms with van der Waals surface area (Å²) in [6.45, 7) is 7.43. The highest BCUT2D eigenvalue weighted by atomic mass is 32.2. The largest absolute Gasteiger partial charge is 0.282 e. The number of rotatable bonds is 4. The van der Waals surface area contributed by atoms with E-state index in [2.05, 4.69) is 13.8 Å². The van der Waals surface area contributed by atoms with Gasteiger partial charge < -0.3 is 0 Å². The van der Waals surface area contributed by atoms with E-state index in [4.69, 9.17) is 0 Å². The Bertz CT molecular complexity index is 549. The zero-order valence-corrected chi connectivity index (χ0v) is 14.2. The standard InChI is InChI=1S/C16H26N2O2S/c1-13-10-14(2)12-18(11-13)21(19,20)17(4)15(3)16-8-6-5-7-9-16/h5-9,13-15H,10-12H2,1-4H3/t13-,14+,15-/m1/s1. The summed E-state index contributed by atoms with van der Waals surface area (Å²) >= 11 is 0. The van der Waals surface area contributed by atoms with E-state index in [0.717, 1.165) is 12.0 Å². The summed E-state index contributed by atoms with van der Waals surface area (Å²) in [6, 6.07) is 9.60. The first-order valence-corrected chi connectivity index (χ1v) is 9.00. The van der Waals surface area contributed by atoms with Crippen molar-refractivity contribution < 1.29 is 8.42 Å². The lowest BCUT2D eigenvalue weighted by Crippen LogP contribution is -2.48. The van der Waals surface area contributed by atoms with Crippen LogP contribution in [0.4, 0.5) is 0 Å². The first kappa shape index (κ1) is 16.5. The molecule has 0 amide bonds. The Balaban J connectivity index is 2.18. The van der Waals surface area contributed by atoms with Crippen LogP contribution in [0.25, 0.3) is 0 Å². The molecular weight excluding hydrogens is 284 g/mol. The topological polar surface area (TPSA) is 40.6 Å². The van der Waals surface area contributed by atoms with Crippen LogP contribution in [0.15, 0.2) is 30.3 Å². The normalized spacial score (nSPS) is 26.0. The average molecular weight is 310 g/mol. The van der Waals surface area contributed by atoms with Crippen molar-refractivity contribution in [2.24, 2.45) is 11.8 Å². The number of piperidine rings is 1. The first-order valence-electron chi connectivity index (χ1n) is 7.60. The summed E-state index contributed by atoms with van der Waals surface area (Å²) < 4.78 is 28.8. The quantitative estimate of drug-likeness (QED) is 0.858. The van der Waals surface area contributed by atoms with E-state index >= 15 is 0 Å². The molecule has 1 heterocycles. The second-order valence-corrected chi connectivity index (χ2v) is 8.36. The van der Waals surface area contributed by atoms with Crippen molar-refractivity contribution in [1.29, 1.82) is 0 Å². The molecule has 0 N–H and O–H groups in total. The van der Waals surface area contributed by atoms with Gasteiger partial charge in [0.2, 0.25) is 0 Å². The maximum atomic E-state index is 12.8. The molecule has 1 aromatic carbocycles. The number of benzene rings is 1. The SMILES string of the molecule is C[C@@H]1C[C@H](C)CN(S(=O)(=O)N(C)[C@H](C)c2ccccc2)C1. The molecule has 0 aliphatic carbocycles. The molecule has 5 heteroatoms. The summed E-state index contributed by atoms with van der Waals surface area (Å²) in [5.41, 5.74) is 1.02. The fraction of sp³-hybridized carbons (Fsp3) is 0.625. The van der Waals surface area contributed by atoms with E-state index in [9.17, 15) is 8.42 Å². The molecule has 3 atom stereocenters. The molecule has 0 spiro atoms. The van der Waals surface area contributed by atoms with Gasteiger partial charge in [-0.05, 0) is 30.7 Å². The van der Waals surface area contributed by atoms with E-state index < -0.39 is 10.2 Å². The molecule has 4 nitrogen and oxygen atoms in total. The predicted octanol–water partition coefficient (Wildman–Crippen LogP) is 2.90. The molecule has 1 aromatic rings. The summed E-state index contributed by atoms with van der Waals surface area (Å²) in [5, 5.41) is 0. The minimum atomic E-state index is -3.41. The molecule has 0 radical (unpaired) electrons. The zero-order valence-electron chi connectivity index (χ0n) is 13.4. The van der Waals surface area contributed by atoms with Crippen LogP contribution in [0.3, 0.4) is 0 Å². The van der Waals surface area contributed by atoms with Gasteiger partial charge in [-0.2, -0.15) is 17.0 Å². The molecular formula is C16H26N2O2S. The monoisotopic (exact) mass is 310 g/mol. The van der Waals surface area contributed by atoms with Crippen molar-refractivity contribution >= 4 is 10.2 Å². The van der Waals surface area contributed by atoms with Crippen LogP contribution >= 0.6 is 0 Å². The molecule has 1 aliphatic heterocycles. The van der Waals surface area contributed by atoms with E-state index in [-0.39, 0.29) is 6.04 Å². The maximum absolute atomic E-state index is 12.8. The Kier molecular flexibility index (Phi) is 5.07. The van der Waals surface area contributed by atoms with E-state index in [1.165, 1.54) is 4.31 Å². The van der Waals surface area contributed by atoms with Crippen molar-refractivity contribution in [3.05, 3.63) is 35.9 Å². The van der Waals surface area contributed by atoms with Gasteiger partial charge in [0.15, 0.2) is 0 Å². The van der Waals surface area contributed by atoms with Crippen molar-refractivity contribution in [3.63, 3.8) is 0 Å². The van der Waals surface area contributed by atoms with Crippen LogP contribution in [0.1, 0.15) is 38.8 Å². The second kappa shape index (κ2) is 6.46. The second-order valence-electron chi connectivity index (χ2n) is 6.37. The Hall–Kier alpha value is -0.910. The minimum Gasteiger partial charge on any atom is -0.195 e. The summed E-state index contributed by atoms with van der Waals surface area (Å²) in [5.74, 6) is 0.841. The fourth-order valence-electron chi connectivity index (χ4n) is 3.12. The van der Waals surface area contributed by atoms with Gasteiger partial charge in [-0.3, -0.25) is 0 Å². The van der Waals surface area contributed by atoms with Gasteiger partial charge in [-0.1, -0.05) is 44.2 Å². The van der Waals surface area contributed by atoms with E-state index in [1.54, 1.807) is 11.4 Å². The molecule has 1 saturated heterocycles. The average Bonchev–Trinajstić information content (AvgIpc) is 2.45. The third-order valence-corrected chi connectivity index (χ3v) is 6.35. The van der Waals surface area contributed by atoms with Crippen molar-refractivity contribution in [2.75, 3.05) is 20.1 Å².